The van der Waals surface area contributed by atoms with Crippen molar-refractivity contribution >= 4 is 0 Å². The first-order chi connectivity index (χ1) is 23.1. The molecule has 6 rings (SSSR count). The maximum absolute atomic E-state index is 6.14. The fourth-order valence-corrected chi connectivity index (χ4v) is 5.96. The molecule has 6 aromatic rings. The highest BCUT2D eigenvalue weighted by Crippen LogP contribution is 2.30. The molecule has 4 aromatic carbocycles. The van der Waals surface area contributed by atoms with E-state index < -0.39 is 0 Å². The number of aromatic nitrogens is 4. The monoisotopic (exact) mass is 626 g/mol. The Labute approximate surface area is 279 Å². The fraction of sp³-hybridized carbons (Fsp3) is 0.268. The molecule has 0 aliphatic heterocycles. The van der Waals surface area contributed by atoms with Gasteiger partial charge in [-0.1, -0.05) is 82.3 Å². The lowest BCUT2D eigenvalue weighted by Gasteiger charge is -2.17. The number of imidazole rings is 2. The summed E-state index contributed by atoms with van der Waals surface area (Å²) in [5, 5.41) is 0. The van der Waals surface area contributed by atoms with Gasteiger partial charge in [0.25, 0.3) is 0 Å². The van der Waals surface area contributed by atoms with Crippen molar-refractivity contribution in [2.24, 2.45) is 0 Å². The summed E-state index contributed by atoms with van der Waals surface area (Å²) in [7, 11) is 0. The number of para-hydroxylation sites is 1. The van der Waals surface area contributed by atoms with Crippen LogP contribution in [0, 0.1) is 0 Å². The van der Waals surface area contributed by atoms with Crippen molar-refractivity contribution in [1.29, 1.82) is 0 Å². The highest BCUT2D eigenvalue weighted by Gasteiger charge is 2.15. The zero-order chi connectivity index (χ0) is 32.8. The summed E-state index contributed by atoms with van der Waals surface area (Å²) >= 11 is 0. The van der Waals surface area contributed by atoms with Crippen LogP contribution in [0.3, 0.4) is 0 Å². The van der Waals surface area contributed by atoms with E-state index in [-0.39, 0.29) is 0 Å². The molecule has 6 heteroatoms. The zero-order valence-electron chi connectivity index (χ0n) is 28.1. The van der Waals surface area contributed by atoms with Crippen LogP contribution in [-0.2, 0) is 45.1 Å². The quantitative estimate of drug-likeness (QED) is 0.134. The summed E-state index contributed by atoms with van der Waals surface area (Å²) in [6, 6.07) is 28.9. The SMILES string of the molecule is CCc1cc(Oc2ccccc2)cc(CC)c1Cc1ncc[nH]1.CCc1ccc(OCc2ccccc2)c(CC)c1Cc1ncc[nH]1. The number of H-pyrrole nitrogens is 2. The molecule has 2 heterocycles. The lowest BCUT2D eigenvalue weighted by Crippen LogP contribution is -2.06. The summed E-state index contributed by atoms with van der Waals surface area (Å²) in [6.07, 6.45) is 13.0. The molecule has 0 atom stereocenters. The minimum Gasteiger partial charge on any atom is -0.489 e. The van der Waals surface area contributed by atoms with E-state index in [1.807, 2.05) is 67.1 Å². The minimum absolute atomic E-state index is 0.597. The number of hydrogen-bond donors (Lipinski definition) is 2. The molecule has 47 heavy (non-hydrogen) atoms. The summed E-state index contributed by atoms with van der Waals surface area (Å²) < 4.78 is 12.2. The van der Waals surface area contributed by atoms with E-state index in [0.29, 0.717) is 6.61 Å². The number of nitrogens with zero attached hydrogens (tertiary/aromatic N) is 2. The fourth-order valence-electron chi connectivity index (χ4n) is 5.96. The molecule has 2 N–H and O–H groups in total. The van der Waals surface area contributed by atoms with Crippen molar-refractivity contribution in [3.05, 3.63) is 160 Å². The van der Waals surface area contributed by atoms with Gasteiger partial charge in [0.05, 0.1) is 0 Å². The van der Waals surface area contributed by atoms with Crippen LogP contribution in [0.25, 0.3) is 0 Å². The average Bonchev–Trinajstić information content (AvgIpc) is 3.84. The molecule has 0 aliphatic rings. The number of benzene rings is 4. The Bertz CT molecular complexity index is 1760. The third-order valence-electron chi connectivity index (χ3n) is 8.40. The minimum atomic E-state index is 0.597. The van der Waals surface area contributed by atoms with Crippen molar-refractivity contribution < 1.29 is 9.47 Å². The summed E-state index contributed by atoms with van der Waals surface area (Å²) in [5.74, 6) is 4.77. The van der Waals surface area contributed by atoms with Gasteiger partial charge in [-0.15, -0.1) is 0 Å². The third-order valence-corrected chi connectivity index (χ3v) is 8.40. The molecular weight excluding hydrogens is 580 g/mol. The largest absolute Gasteiger partial charge is 0.489 e. The first-order valence-electron chi connectivity index (χ1n) is 16.8. The van der Waals surface area contributed by atoms with Crippen LogP contribution < -0.4 is 9.47 Å². The van der Waals surface area contributed by atoms with Crippen molar-refractivity contribution in [2.75, 3.05) is 0 Å². The van der Waals surface area contributed by atoms with Crippen LogP contribution in [-0.4, -0.2) is 19.9 Å². The molecule has 0 amide bonds. The Hall–Kier alpha value is -5.10. The van der Waals surface area contributed by atoms with Gasteiger partial charge in [-0.25, -0.2) is 9.97 Å². The van der Waals surface area contributed by atoms with Crippen molar-refractivity contribution in [3.63, 3.8) is 0 Å². The standard InChI is InChI=1S/C21H24N2O.C20H22N2O/c1-3-17-10-11-20(24-15-16-8-6-5-7-9-16)18(4-2)19(17)14-21-22-12-13-23-21;1-3-15-12-18(23-17-8-6-5-7-9-17)13-16(4-2)19(15)14-20-21-10-11-22-20/h5-13H,3-4,14-15H2,1-2H3,(H,22,23);5-13H,3-4,14H2,1-2H3,(H,21,22). The van der Waals surface area contributed by atoms with Crippen LogP contribution in [0.4, 0.5) is 0 Å². The first kappa shape index (κ1) is 33.3. The van der Waals surface area contributed by atoms with Gasteiger partial charge < -0.3 is 19.4 Å². The molecule has 2 aromatic heterocycles. The van der Waals surface area contributed by atoms with Crippen LogP contribution in [0.15, 0.2) is 110 Å². The molecule has 0 unspecified atom stereocenters. The summed E-state index contributed by atoms with van der Waals surface area (Å²) in [4.78, 5) is 15.2. The van der Waals surface area contributed by atoms with Gasteiger partial charge in [0, 0.05) is 37.6 Å². The number of nitrogens with one attached hydrogen (secondary N) is 2. The van der Waals surface area contributed by atoms with E-state index in [1.165, 1.54) is 38.9 Å². The average molecular weight is 627 g/mol. The third kappa shape index (κ3) is 9.01. The number of aryl methyl sites for hydroxylation is 3. The smallest absolute Gasteiger partial charge is 0.127 e. The maximum atomic E-state index is 6.14. The lowest BCUT2D eigenvalue weighted by molar-refractivity contribution is 0.302. The van der Waals surface area contributed by atoms with Gasteiger partial charge in [-0.2, -0.15) is 0 Å². The van der Waals surface area contributed by atoms with Crippen molar-refractivity contribution in [2.45, 2.75) is 72.8 Å². The molecule has 242 valence electrons. The summed E-state index contributed by atoms with van der Waals surface area (Å²) in [5.41, 5.74) is 9.22. The number of hydrogen-bond acceptors (Lipinski definition) is 4. The highest BCUT2D eigenvalue weighted by atomic mass is 16.5. The maximum Gasteiger partial charge on any atom is 0.127 e. The van der Waals surface area contributed by atoms with Gasteiger partial charge >= 0.3 is 0 Å². The molecule has 0 fully saturated rings. The van der Waals surface area contributed by atoms with Gasteiger partial charge in [-0.05, 0) is 95.0 Å². The van der Waals surface area contributed by atoms with Crippen LogP contribution in [0.5, 0.6) is 17.2 Å². The van der Waals surface area contributed by atoms with E-state index in [1.54, 1.807) is 6.20 Å². The zero-order valence-corrected chi connectivity index (χ0v) is 28.1. The lowest BCUT2D eigenvalue weighted by atomic mass is 9.94. The van der Waals surface area contributed by atoms with Gasteiger partial charge in [0.1, 0.15) is 35.5 Å². The Kier molecular flexibility index (Phi) is 12.0. The number of rotatable bonds is 13. The molecule has 0 saturated heterocycles. The van der Waals surface area contributed by atoms with E-state index in [4.69, 9.17) is 9.47 Å². The Morgan fingerprint density at radius 1 is 0.553 bits per heavy atom. The molecule has 0 saturated carbocycles. The molecule has 0 radical (unpaired) electrons. The summed E-state index contributed by atoms with van der Waals surface area (Å²) in [6.45, 7) is 9.36. The van der Waals surface area contributed by atoms with Gasteiger partial charge in [0.2, 0.25) is 0 Å². The van der Waals surface area contributed by atoms with Crippen LogP contribution in [0.2, 0.25) is 0 Å². The Morgan fingerprint density at radius 2 is 1.13 bits per heavy atom. The van der Waals surface area contributed by atoms with Crippen molar-refractivity contribution in [3.8, 4) is 17.2 Å². The van der Waals surface area contributed by atoms with Gasteiger partial charge in [-0.3, -0.25) is 0 Å². The van der Waals surface area contributed by atoms with Crippen LogP contribution >= 0.6 is 0 Å². The normalized spacial score (nSPS) is 10.7. The van der Waals surface area contributed by atoms with E-state index in [0.717, 1.165) is 67.4 Å². The van der Waals surface area contributed by atoms with E-state index in [9.17, 15) is 0 Å². The van der Waals surface area contributed by atoms with Crippen LogP contribution in [0.1, 0.15) is 78.3 Å². The number of aromatic amines is 2. The highest BCUT2D eigenvalue weighted by molar-refractivity contribution is 5.47. The molecule has 0 aliphatic carbocycles. The first-order valence-corrected chi connectivity index (χ1v) is 16.8. The molecular formula is C41H46N4O2. The second kappa shape index (κ2) is 17.0. The van der Waals surface area contributed by atoms with E-state index in [2.05, 4.69) is 84.0 Å². The second-order valence-corrected chi connectivity index (χ2v) is 11.4. The topological polar surface area (TPSA) is 75.8 Å². The Balaban J connectivity index is 0.000000185. The Morgan fingerprint density at radius 3 is 1.66 bits per heavy atom. The molecule has 0 spiro atoms. The number of ether oxygens (including phenoxy) is 2. The second-order valence-electron chi connectivity index (χ2n) is 11.4. The predicted molar refractivity (Wildman–Crippen MR) is 190 cm³/mol. The van der Waals surface area contributed by atoms with Crippen molar-refractivity contribution in [1.82, 2.24) is 19.9 Å². The molecule has 0 bridgehead atoms. The predicted octanol–water partition coefficient (Wildman–Crippen LogP) is 9.62. The van der Waals surface area contributed by atoms with E-state index >= 15 is 0 Å². The molecule has 6 nitrogen and oxygen atoms in total. The van der Waals surface area contributed by atoms with Gasteiger partial charge in [0.15, 0.2) is 0 Å².